The van der Waals surface area contributed by atoms with Gasteiger partial charge in [0.1, 0.15) is 22.9 Å². The minimum Gasteiger partial charge on any atom is -0.497 e. The summed E-state index contributed by atoms with van der Waals surface area (Å²) in [6, 6.07) is 15.3. The molecule has 2 aromatic carbocycles. The molecule has 1 saturated carbocycles. The van der Waals surface area contributed by atoms with Crippen molar-refractivity contribution in [2.24, 2.45) is 5.92 Å². The van der Waals surface area contributed by atoms with Crippen LogP contribution < -0.4 is 20.6 Å². The van der Waals surface area contributed by atoms with Crippen molar-refractivity contribution in [3.8, 4) is 5.75 Å². The largest absolute Gasteiger partial charge is 0.497 e. The molecule has 2 heterocycles. The van der Waals surface area contributed by atoms with E-state index in [2.05, 4.69) is 34.3 Å². The van der Waals surface area contributed by atoms with Gasteiger partial charge in [0, 0.05) is 49.5 Å². The first-order valence-electron chi connectivity index (χ1n) is 13.0. The summed E-state index contributed by atoms with van der Waals surface area (Å²) in [5.74, 6) is 3.22. The minimum absolute atomic E-state index is 0.00715. The van der Waals surface area contributed by atoms with Gasteiger partial charge in [-0.2, -0.15) is 4.98 Å². The lowest BCUT2D eigenvalue weighted by Crippen LogP contribution is -2.26. The average Bonchev–Trinajstić information content (AvgIpc) is 2.89. The number of para-hydroxylation sites is 1. The second-order valence-corrected chi connectivity index (χ2v) is 10.2. The van der Waals surface area contributed by atoms with Gasteiger partial charge >= 0.3 is 5.63 Å². The second-order valence-electron chi connectivity index (χ2n) is 10.2. The first-order valence-corrected chi connectivity index (χ1v) is 13.0. The number of methoxy groups -OCH3 is 1. The van der Waals surface area contributed by atoms with Crippen molar-refractivity contribution in [3.63, 3.8) is 0 Å². The van der Waals surface area contributed by atoms with Crippen LogP contribution in [0.15, 0.2) is 57.7 Å². The van der Waals surface area contributed by atoms with Crippen molar-refractivity contribution >= 4 is 39.4 Å². The molecule has 38 heavy (non-hydrogen) atoms. The molecule has 0 unspecified atom stereocenters. The Morgan fingerprint density at radius 1 is 1.05 bits per heavy atom. The summed E-state index contributed by atoms with van der Waals surface area (Å²) >= 11 is 0. The minimum atomic E-state index is -0.456. The van der Waals surface area contributed by atoms with Crippen LogP contribution in [-0.2, 0) is 11.2 Å². The number of carbonyl (C=O) groups excluding carboxylic acids is 1. The standard InChI is InChI=1S/C17H24N4.C13H12O4/c1-12-8-10-13(11-9-12)18-17-19-15-7-5-4-6-14(15)16(20-17)21(2)3;1-8(14)5-9-6-13(15)17-12-7-10(16-2)3-4-11(9)12/h4-7,12-13H,8-11H2,1-3H3,(H,18,19,20);3-4,6-7H,5H2,1-2H3. The number of nitrogens with zero attached hydrogens (tertiary/aromatic N) is 3. The Balaban J connectivity index is 0.000000181. The fraction of sp³-hybridized carbons (Fsp3) is 0.400. The van der Waals surface area contributed by atoms with E-state index in [1.807, 2.05) is 26.2 Å². The Kier molecular flexibility index (Phi) is 8.61. The molecule has 0 atom stereocenters. The number of ether oxygens (including phenoxy) is 1. The molecule has 1 aliphatic rings. The molecular weight excluding hydrogens is 480 g/mol. The molecule has 200 valence electrons. The van der Waals surface area contributed by atoms with Gasteiger partial charge in [-0.3, -0.25) is 4.79 Å². The van der Waals surface area contributed by atoms with E-state index in [0.717, 1.165) is 34.0 Å². The van der Waals surface area contributed by atoms with Crippen LogP contribution in [-0.4, -0.2) is 43.0 Å². The van der Waals surface area contributed by atoms with Gasteiger partial charge in [-0.25, -0.2) is 9.78 Å². The summed E-state index contributed by atoms with van der Waals surface area (Å²) < 4.78 is 10.1. The van der Waals surface area contributed by atoms with E-state index in [1.165, 1.54) is 38.7 Å². The van der Waals surface area contributed by atoms with Crippen molar-refractivity contribution in [2.75, 3.05) is 31.4 Å². The van der Waals surface area contributed by atoms with Crippen molar-refractivity contribution in [1.29, 1.82) is 0 Å². The number of benzene rings is 2. The molecule has 1 fully saturated rings. The van der Waals surface area contributed by atoms with Crippen molar-refractivity contribution in [2.45, 2.75) is 52.0 Å². The highest BCUT2D eigenvalue weighted by Crippen LogP contribution is 2.28. The number of fused-ring (bicyclic) bond motifs is 2. The second kappa shape index (κ2) is 12.1. The Bertz CT molecular complexity index is 1470. The first-order chi connectivity index (χ1) is 18.2. The van der Waals surface area contributed by atoms with Crippen LogP contribution in [0.2, 0.25) is 0 Å². The number of Topliss-reactive ketones (excluding diaryl/α,β-unsaturated/α-hetero) is 1. The van der Waals surface area contributed by atoms with Crippen LogP contribution in [0, 0.1) is 5.92 Å². The van der Waals surface area contributed by atoms with Gasteiger partial charge < -0.3 is 19.4 Å². The van der Waals surface area contributed by atoms with Crippen LogP contribution in [0.3, 0.4) is 0 Å². The van der Waals surface area contributed by atoms with E-state index in [1.54, 1.807) is 25.3 Å². The molecule has 1 aliphatic carbocycles. The van der Waals surface area contributed by atoms with E-state index in [-0.39, 0.29) is 12.2 Å². The average molecular weight is 517 g/mol. The summed E-state index contributed by atoms with van der Waals surface area (Å²) in [6.45, 7) is 3.83. The molecule has 0 bridgehead atoms. The van der Waals surface area contributed by atoms with Crippen LogP contribution >= 0.6 is 0 Å². The zero-order chi connectivity index (χ0) is 27.2. The summed E-state index contributed by atoms with van der Waals surface area (Å²) in [4.78, 5) is 34.0. The SMILES string of the molecule is CC1CCC(Nc2nc(N(C)C)c3ccccc3n2)CC1.COc1ccc2c(CC(C)=O)cc(=O)oc2c1. The molecule has 2 aromatic heterocycles. The monoisotopic (exact) mass is 516 g/mol. The molecule has 0 amide bonds. The molecular formula is C30H36N4O4. The molecule has 5 rings (SSSR count). The lowest BCUT2D eigenvalue weighted by atomic mass is 9.87. The Labute approximate surface area is 223 Å². The third-order valence-electron chi connectivity index (χ3n) is 6.83. The van der Waals surface area contributed by atoms with Gasteiger partial charge in [0.2, 0.25) is 5.95 Å². The van der Waals surface area contributed by atoms with Gasteiger partial charge in [0.05, 0.1) is 12.6 Å². The Hall–Kier alpha value is -3.94. The van der Waals surface area contributed by atoms with E-state index >= 15 is 0 Å². The number of hydrogen-bond acceptors (Lipinski definition) is 8. The maximum Gasteiger partial charge on any atom is 0.336 e. The number of ketones is 1. The maximum absolute atomic E-state index is 11.4. The summed E-state index contributed by atoms with van der Waals surface area (Å²) in [5, 5.41) is 5.41. The number of carbonyl (C=O) groups is 1. The fourth-order valence-corrected chi connectivity index (χ4v) is 4.80. The van der Waals surface area contributed by atoms with Crippen LogP contribution in [0.4, 0.5) is 11.8 Å². The number of rotatable bonds is 6. The Morgan fingerprint density at radius 2 is 1.79 bits per heavy atom. The number of aromatic nitrogens is 2. The number of anilines is 2. The lowest BCUT2D eigenvalue weighted by molar-refractivity contribution is -0.116. The number of hydrogen-bond donors (Lipinski definition) is 1. The zero-order valence-electron chi connectivity index (χ0n) is 22.8. The summed E-state index contributed by atoms with van der Waals surface area (Å²) in [6.07, 6.45) is 5.26. The molecule has 0 aliphatic heterocycles. The topological polar surface area (TPSA) is 97.6 Å². The highest BCUT2D eigenvalue weighted by molar-refractivity contribution is 5.90. The summed E-state index contributed by atoms with van der Waals surface area (Å²) in [5.41, 5.74) is 1.67. The molecule has 1 N–H and O–H groups in total. The predicted molar refractivity (Wildman–Crippen MR) is 152 cm³/mol. The Morgan fingerprint density at radius 3 is 2.47 bits per heavy atom. The highest BCUT2D eigenvalue weighted by atomic mass is 16.5. The predicted octanol–water partition coefficient (Wildman–Crippen LogP) is 5.62. The van der Waals surface area contributed by atoms with Crippen molar-refractivity contribution in [3.05, 3.63) is 64.5 Å². The molecule has 0 saturated heterocycles. The smallest absolute Gasteiger partial charge is 0.336 e. The fourth-order valence-electron chi connectivity index (χ4n) is 4.80. The van der Waals surface area contributed by atoms with Gasteiger partial charge in [-0.15, -0.1) is 0 Å². The maximum atomic E-state index is 11.4. The first kappa shape index (κ1) is 27.1. The van der Waals surface area contributed by atoms with Gasteiger partial charge in [0.15, 0.2) is 0 Å². The quantitative estimate of drug-likeness (QED) is 0.330. The normalized spacial score (nSPS) is 17.0. The molecule has 0 radical (unpaired) electrons. The van der Waals surface area contributed by atoms with Gasteiger partial charge in [-0.05, 0) is 68.4 Å². The van der Waals surface area contributed by atoms with Crippen molar-refractivity contribution < 1.29 is 13.9 Å². The molecule has 4 aromatic rings. The van der Waals surface area contributed by atoms with E-state index < -0.39 is 5.63 Å². The van der Waals surface area contributed by atoms with Crippen LogP contribution in [0.1, 0.15) is 45.1 Å². The lowest BCUT2D eigenvalue weighted by Gasteiger charge is -2.27. The van der Waals surface area contributed by atoms with E-state index in [0.29, 0.717) is 22.9 Å². The zero-order valence-corrected chi connectivity index (χ0v) is 22.8. The molecule has 0 spiro atoms. The third kappa shape index (κ3) is 6.68. The van der Waals surface area contributed by atoms with Crippen LogP contribution in [0.5, 0.6) is 5.75 Å². The van der Waals surface area contributed by atoms with Crippen molar-refractivity contribution in [1.82, 2.24) is 9.97 Å². The van der Waals surface area contributed by atoms with E-state index in [9.17, 15) is 9.59 Å². The highest BCUT2D eigenvalue weighted by Gasteiger charge is 2.19. The molecule has 8 heteroatoms. The van der Waals surface area contributed by atoms with Crippen LogP contribution in [0.25, 0.3) is 21.9 Å². The van der Waals surface area contributed by atoms with E-state index in [4.69, 9.17) is 14.1 Å². The third-order valence-corrected chi connectivity index (χ3v) is 6.83. The van der Waals surface area contributed by atoms with Gasteiger partial charge in [0.25, 0.3) is 0 Å². The number of nitrogens with one attached hydrogen (secondary N) is 1. The summed E-state index contributed by atoms with van der Waals surface area (Å²) in [7, 11) is 5.60. The van der Waals surface area contributed by atoms with Gasteiger partial charge in [-0.1, -0.05) is 19.1 Å². The molecule has 8 nitrogen and oxygen atoms in total.